The molecule has 1 aliphatic rings. The van der Waals surface area contributed by atoms with E-state index in [2.05, 4.69) is 19.9 Å². The molecule has 1 unspecified atom stereocenters. The highest BCUT2D eigenvalue weighted by Crippen LogP contribution is 2.43. The Morgan fingerprint density at radius 2 is 2.06 bits per heavy atom. The molecule has 0 aliphatic carbocycles. The molecule has 0 saturated carbocycles. The van der Waals surface area contributed by atoms with E-state index in [9.17, 15) is 24.8 Å². The number of carbonyl (C=O) groups excluding carboxylic acids is 2. The smallest absolute Gasteiger partial charge is 0.295 e. The van der Waals surface area contributed by atoms with Gasteiger partial charge in [0, 0.05) is 12.1 Å². The molecule has 0 bridgehead atoms. The van der Waals surface area contributed by atoms with Gasteiger partial charge in [-0.2, -0.15) is 0 Å². The number of anilines is 1. The zero-order valence-corrected chi connectivity index (χ0v) is 16.9. The Labute approximate surface area is 184 Å². The maximum absolute atomic E-state index is 13.3. The highest BCUT2D eigenvalue weighted by atomic mass is 16.6. The number of aromatic amines is 1. The van der Waals surface area contributed by atoms with Crippen molar-refractivity contribution in [3.63, 3.8) is 0 Å². The Hall–Kier alpha value is -4.87. The van der Waals surface area contributed by atoms with Crippen LogP contribution in [0.3, 0.4) is 0 Å². The number of benzene rings is 1. The summed E-state index contributed by atoms with van der Waals surface area (Å²) in [4.78, 5) is 53.5. The summed E-state index contributed by atoms with van der Waals surface area (Å²) < 4.78 is 5.41. The molecular formula is C21H14N6O6. The minimum atomic E-state index is -1.23. The zero-order valence-electron chi connectivity index (χ0n) is 16.9. The lowest BCUT2D eigenvalue weighted by molar-refractivity contribution is -0.384. The maximum Gasteiger partial charge on any atom is 0.295 e. The van der Waals surface area contributed by atoms with Crippen LogP contribution in [0.2, 0.25) is 0 Å². The zero-order chi connectivity index (χ0) is 23.3. The lowest BCUT2D eigenvalue weighted by Gasteiger charge is -2.25. The molecule has 2 N–H and O–H groups in total. The molecule has 164 valence electrons. The second-order valence-electron chi connectivity index (χ2n) is 7.23. The number of H-pyrrole nitrogens is 1. The number of aryl methyl sites for hydroxylation is 1. The summed E-state index contributed by atoms with van der Waals surface area (Å²) in [5.41, 5.74) is 0.227. The predicted molar refractivity (Wildman–Crippen MR) is 112 cm³/mol. The molecule has 12 heteroatoms. The van der Waals surface area contributed by atoms with Gasteiger partial charge in [-0.1, -0.05) is 12.1 Å². The van der Waals surface area contributed by atoms with Crippen LogP contribution in [0, 0.1) is 17.0 Å². The molecular weight excluding hydrogens is 432 g/mol. The first-order valence-corrected chi connectivity index (χ1v) is 9.63. The van der Waals surface area contributed by atoms with Crippen LogP contribution in [-0.4, -0.2) is 41.7 Å². The summed E-state index contributed by atoms with van der Waals surface area (Å²) in [5.74, 6) is -2.04. The number of nitrogens with zero attached hydrogens (tertiary/aromatic N) is 5. The van der Waals surface area contributed by atoms with E-state index in [0.29, 0.717) is 5.76 Å². The van der Waals surface area contributed by atoms with Crippen LogP contribution in [0.1, 0.15) is 27.9 Å². The lowest BCUT2D eigenvalue weighted by atomic mass is 9.94. The van der Waals surface area contributed by atoms with Crippen molar-refractivity contribution < 1.29 is 24.0 Å². The highest BCUT2D eigenvalue weighted by molar-refractivity contribution is 6.21. The second-order valence-corrected chi connectivity index (χ2v) is 7.23. The lowest BCUT2D eigenvalue weighted by Crippen LogP contribution is -2.32. The average Bonchev–Trinajstić information content (AvgIpc) is 3.52. The first kappa shape index (κ1) is 20.1. The SMILES string of the molecule is Cc1ccc(C(=O)C2=C(O)C(=O)N(c3ncnc4nc[nH]c34)C2c2cccc([N+](=O)[O-])c2)o1. The van der Waals surface area contributed by atoms with Gasteiger partial charge in [-0.15, -0.1) is 0 Å². The van der Waals surface area contributed by atoms with E-state index in [0.717, 1.165) is 4.90 Å². The molecule has 1 atom stereocenters. The standard InChI is InChI=1S/C21H14N6O6/c1-10-5-6-13(33-10)17(28)14-16(11-3-2-4-12(7-11)27(31)32)26(21(30)18(14)29)20-15-19(23-8-22-15)24-9-25-20/h2-9,16,29H,1H3,(H,22,23,24,25). The van der Waals surface area contributed by atoms with Crippen molar-refractivity contribution in [3.8, 4) is 0 Å². The number of nitro benzene ring substituents is 1. The van der Waals surface area contributed by atoms with Crippen LogP contribution in [0.5, 0.6) is 0 Å². The third kappa shape index (κ3) is 3.12. The van der Waals surface area contributed by atoms with Gasteiger partial charge < -0.3 is 14.5 Å². The summed E-state index contributed by atoms with van der Waals surface area (Å²) in [6.45, 7) is 1.64. The Balaban J connectivity index is 1.74. The molecule has 5 rings (SSSR count). The van der Waals surface area contributed by atoms with Gasteiger partial charge in [-0.25, -0.2) is 15.0 Å². The van der Waals surface area contributed by atoms with E-state index in [4.69, 9.17) is 4.42 Å². The number of ketones is 1. The van der Waals surface area contributed by atoms with Crippen LogP contribution in [0.4, 0.5) is 11.5 Å². The number of amides is 1. The average molecular weight is 446 g/mol. The molecule has 1 aromatic carbocycles. The number of imidazole rings is 1. The fraction of sp³-hybridized carbons (Fsp3) is 0.0952. The number of nitrogens with one attached hydrogen (secondary N) is 1. The number of non-ortho nitro benzene ring substituents is 1. The monoisotopic (exact) mass is 446 g/mol. The number of carbonyl (C=O) groups is 2. The molecule has 4 heterocycles. The van der Waals surface area contributed by atoms with Gasteiger partial charge in [0.2, 0.25) is 5.78 Å². The van der Waals surface area contributed by atoms with Gasteiger partial charge in [0.25, 0.3) is 11.6 Å². The number of aromatic nitrogens is 4. The molecule has 0 saturated heterocycles. The van der Waals surface area contributed by atoms with E-state index in [1.165, 1.54) is 43.0 Å². The number of rotatable bonds is 5. The second kappa shape index (κ2) is 7.37. The van der Waals surface area contributed by atoms with Gasteiger partial charge >= 0.3 is 0 Å². The van der Waals surface area contributed by atoms with Crippen LogP contribution >= 0.6 is 0 Å². The van der Waals surface area contributed by atoms with Crippen molar-refractivity contribution in [1.82, 2.24) is 19.9 Å². The number of hydrogen-bond acceptors (Lipinski definition) is 9. The Morgan fingerprint density at radius 3 is 2.79 bits per heavy atom. The quantitative estimate of drug-likeness (QED) is 0.266. The number of furan rings is 1. The van der Waals surface area contributed by atoms with Crippen molar-refractivity contribution >= 4 is 34.4 Å². The molecule has 12 nitrogen and oxygen atoms in total. The summed E-state index contributed by atoms with van der Waals surface area (Å²) in [7, 11) is 0. The Kier molecular flexibility index (Phi) is 4.48. The van der Waals surface area contributed by atoms with E-state index in [-0.39, 0.29) is 39.6 Å². The summed E-state index contributed by atoms with van der Waals surface area (Å²) >= 11 is 0. The molecule has 4 aromatic rings. The van der Waals surface area contributed by atoms with Gasteiger partial charge in [0.15, 0.2) is 23.0 Å². The Morgan fingerprint density at radius 1 is 1.24 bits per heavy atom. The number of aliphatic hydroxyl groups excluding tert-OH is 1. The fourth-order valence-corrected chi connectivity index (χ4v) is 3.80. The van der Waals surface area contributed by atoms with Gasteiger partial charge in [0.05, 0.1) is 22.9 Å². The number of nitro groups is 1. The van der Waals surface area contributed by atoms with Crippen LogP contribution in [-0.2, 0) is 4.79 Å². The van der Waals surface area contributed by atoms with Crippen LogP contribution < -0.4 is 4.90 Å². The molecule has 1 amide bonds. The summed E-state index contributed by atoms with van der Waals surface area (Å²) in [6, 6.07) is 7.22. The maximum atomic E-state index is 13.3. The molecule has 3 aromatic heterocycles. The number of Topliss-reactive ketones (excluding diaryl/α,β-unsaturated/α-hetero) is 1. The van der Waals surface area contributed by atoms with Gasteiger partial charge in [-0.3, -0.25) is 24.6 Å². The van der Waals surface area contributed by atoms with Crippen LogP contribution in [0.25, 0.3) is 11.2 Å². The van der Waals surface area contributed by atoms with E-state index >= 15 is 0 Å². The van der Waals surface area contributed by atoms with Crippen molar-refractivity contribution in [1.29, 1.82) is 0 Å². The van der Waals surface area contributed by atoms with Crippen molar-refractivity contribution in [2.75, 3.05) is 4.90 Å². The first-order valence-electron chi connectivity index (χ1n) is 9.63. The number of aliphatic hydroxyl groups is 1. The van der Waals surface area contributed by atoms with Crippen molar-refractivity contribution in [3.05, 3.63) is 87.6 Å². The van der Waals surface area contributed by atoms with Gasteiger partial charge in [-0.05, 0) is 24.6 Å². The molecule has 33 heavy (non-hydrogen) atoms. The third-order valence-electron chi connectivity index (χ3n) is 5.24. The highest BCUT2D eigenvalue weighted by Gasteiger charge is 2.47. The molecule has 0 radical (unpaired) electrons. The molecule has 0 fully saturated rings. The minimum Gasteiger partial charge on any atom is -0.503 e. The summed E-state index contributed by atoms with van der Waals surface area (Å²) in [6.07, 6.45) is 2.54. The van der Waals surface area contributed by atoms with E-state index < -0.39 is 28.4 Å². The number of hydrogen-bond donors (Lipinski definition) is 2. The van der Waals surface area contributed by atoms with Crippen LogP contribution in [0.15, 0.2) is 64.8 Å². The summed E-state index contributed by atoms with van der Waals surface area (Å²) in [5, 5.41) is 22.2. The topological polar surface area (TPSA) is 168 Å². The van der Waals surface area contributed by atoms with Gasteiger partial charge in [0.1, 0.15) is 17.6 Å². The van der Waals surface area contributed by atoms with E-state index in [1.807, 2.05) is 0 Å². The normalized spacial score (nSPS) is 16.1. The largest absolute Gasteiger partial charge is 0.503 e. The van der Waals surface area contributed by atoms with Crippen molar-refractivity contribution in [2.24, 2.45) is 0 Å². The molecule has 1 aliphatic heterocycles. The molecule has 0 spiro atoms. The number of fused-ring (bicyclic) bond motifs is 1. The predicted octanol–water partition coefficient (Wildman–Crippen LogP) is 2.95. The Bertz CT molecular complexity index is 1490. The van der Waals surface area contributed by atoms with Crippen molar-refractivity contribution in [2.45, 2.75) is 13.0 Å². The minimum absolute atomic E-state index is 0.0454. The first-order chi connectivity index (χ1) is 15.9. The fourth-order valence-electron chi connectivity index (χ4n) is 3.80. The van der Waals surface area contributed by atoms with E-state index in [1.54, 1.807) is 13.0 Å². The third-order valence-corrected chi connectivity index (χ3v) is 5.24.